The molecule has 0 aliphatic heterocycles. The Kier molecular flexibility index (Phi) is 3.29. The summed E-state index contributed by atoms with van der Waals surface area (Å²) >= 11 is 0. The average Bonchev–Trinajstić information content (AvgIpc) is 2.45. The average molecular weight is 195 g/mol. The fraction of sp³-hybridized carbons (Fsp3) is 0.818. The van der Waals surface area contributed by atoms with Gasteiger partial charge in [-0.2, -0.15) is 0 Å². The quantitative estimate of drug-likeness (QED) is 0.742. The summed E-state index contributed by atoms with van der Waals surface area (Å²) in [5.74, 6) is 1.08. The lowest BCUT2D eigenvalue weighted by atomic mass is 10.0. The van der Waals surface area contributed by atoms with Crippen molar-refractivity contribution in [2.24, 2.45) is 5.92 Å². The Bertz CT molecular complexity index is 299. The normalized spacial score (nSPS) is 14.0. The summed E-state index contributed by atoms with van der Waals surface area (Å²) in [7, 11) is 0. The Morgan fingerprint density at radius 2 is 1.64 bits per heavy atom. The van der Waals surface area contributed by atoms with Crippen LogP contribution in [0.3, 0.4) is 0 Å². The minimum absolute atomic E-state index is 0.425. The molecule has 0 saturated heterocycles. The molecule has 0 bridgehead atoms. The molecular formula is C11H21N3. The Labute approximate surface area is 86.5 Å². The third-order valence-electron chi connectivity index (χ3n) is 2.81. The molecule has 1 atom stereocenters. The van der Waals surface area contributed by atoms with Gasteiger partial charge in [-0.25, -0.2) is 4.68 Å². The molecule has 0 aliphatic rings. The number of aryl methyl sites for hydroxylation is 1. The van der Waals surface area contributed by atoms with Crippen LogP contribution in [0.2, 0.25) is 0 Å². The Morgan fingerprint density at radius 3 is 2.07 bits per heavy atom. The summed E-state index contributed by atoms with van der Waals surface area (Å²) in [5.41, 5.74) is 2.33. The summed E-state index contributed by atoms with van der Waals surface area (Å²) in [6.07, 6.45) is 0. The van der Waals surface area contributed by atoms with E-state index in [1.807, 2.05) is 6.92 Å². The Hall–Kier alpha value is -0.860. The van der Waals surface area contributed by atoms with Gasteiger partial charge in [-0.05, 0) is 25.7 Å². The second-order valence-electron chi connectivity index (χ2n) is 4.64. The van der Waals surface area contributed by atoms with Gasteiger partial charge in [-0.1, -0.05) is 32.9 Å². The number of hydrogen-bond acceptors (Lipinski definition) is 2. The van der Waals surface area contributed by atoms with Gasteiger partial charge in [0.05, 0.1) is 17.4 Å². The van der Waals surface area contributed by atoms with Crippen LogP contribution < -0.4 is 0 Å². The van der Waals surface area contributed by atoms with Gasteiger partial charge in [0, 0.05) is 0 Å². The maximum Gasteiger partial charge on any atom is 0.0831 e. The smallest absolute Gasteiger partial charge is 0.0831 e. The summed E-state index contributed by atoms with van der Waals surface area (Å²) < 4.78 is 2.07. The van der Waals surface area contributed by atoms with Gasteiger partial charge in [-0.3, -0.25) is 0 Å². The number of aromatic nitrogens is 3. The molecule has 14 heavy (non-hydrogen) atoms. The van der Waals surface area contributed by atoms with E-state index >= 15 is 0 Å². The molecule has 0 amide bonds. The van der Waals surface area contributed by atoms with E-state index in [0.29, 0.717) is 17.9 Å². The number of rotatable bonds is 3. The van der Waals surface area contributed by atoms with E-state index in [-0.39, 0.29) is 0 Å². The maximum atomic E-state index is 4.22. The molecule has 0 aliphatic carbocycles. The molecule has 3 heteroatoms. The van der Waals surface area contributed by atoms with Gasteiger partial charge in [0.1, 0.15) is 0 Å². The van der Waals surface area contributed by atoms with Crippen LogP contribution in [0.4, 0.5) is 0 Å². The first-order valence-corrected chi connectivity index (χ1v) is 5.36. The lowest BCUT2D eigenvalue weighted by Gasteiger charge is -2.19. The van der Waals surface area contributed by atoms with Crippen molar-refractivity contribution in [3.63, 3.8) is 0 Å². The van der Waals surface area contributed by atoms with Crippen molar-refractivity contribution < 1.29 is 0 Å². The molecule has 1 heterocycles. The van der Waals surface area contributed by atoms with E-state index in [2.05, 4.69) is 49.6 Å². The van der Waals surface area contributed by atoms with E-state index in [4.69, 9.17) is 0 Å². The molecule has 0 fully saturated rings. The molecule has 1 rings (SSSR count). The van der Waals surface area contributed by atoms with Crippen molar-refractivity contribution in [3.05, 3.63) is 11.4 Å². The van der Waals surface area contributed by atoms with Crippen molar-refractivity contribution >= 4 is 0 Å². The van der Waals surface area contributed by atoms with E-state index < -0.39 is 0 Å². The number of hydrogen-bond donors (Lipinski definition) is 0. The zero-order valence-electron chi connectivity index (χ0n) is 10.1. The van der Waals surface area contributed by atoms with Gasteiger partial charge >= 0.3 is 0 Å². The first-order valence-electron chi connectivity index (χ1n) is 5.36. The molecule has 3 nitrogen and oxygen atoms in total. The first-order chi connectivity index (χ1) is 6.45. The van der Waals surface area contributed by atoms with Crippen LogP contribution in [0.1, 0.15) is 58.0 Å². The highest BCUT2D eigenvalue weighted by molar-refractivity contribution is 5.13. The van der Waals surface area contributed by atoms with Gasteiger partial charge in [-0.15, -0.1) is 5.10 Å². The molecular weight excluding hydrogens is 174 g/mol. The van der Waals surface area contributed by atoms with Gasteiger partial charge in [0.15, 0.2) is 0 Å². The SMILES string of the molecule is Cc1nnn(C(C)C(C)C)c1C(C)C. The second-order valence-corrected chi connectivity index (χ2v) is 4.64. The number of nitrogens with zero attached hydrogens (tertiary/aromatic N) is 3. The van der Waals surface area contributed by atoms with Gasteiger partial charge in [0.25, 0.3) is 0 Å². The molecule has 0 spiro atoms. The van der Waals surface area contributed by atoms with Crippen LogP contribution in [0.25, 0.3) is 0 Å². The van der Waals surface area contributed by atoms with Crippen molar-refractivity contribution in [1.29, 1.82) is 0 Å². The molecule has 0 aromatic carbocycles. The highest BCUT2D eigenvalue weighted by Crippen LogP contribution is 2.24. The van der Waals surface area contributed by atoms with Crippen LogP contribution in [0, 0.1) is 12.8 Å². The van der Waals surface area contributed by atoms with Crippen LogP contribution >= 0.6 is 0 Å². The topological polar surface area (TPSA) is 30.7 Å². The minimum Gasteiger partial charge on any atom is -0.246 e. The van der Waals surface area contributed by atoms with Gasteiger partial charge < -0.3 is 0 Å². The lowest BCUT2D eigenvalue weighted by Crippen LogP contribution is -2.16. The van der Waals surface area contributed by atoms with E-state index in [0.717, 1.165) is 5.69 Å². The third-order valence-corrected chi connectivity index (χ3v) is 2.81. The summed E-state index contributed by atoms with van der Waals surface area (Å²) in [6, 6.07) is 0.425. The molecule has 1 aromatic rings. The largest absolute Gasteiger partial charge is 0.246 e. The molecule has 0 N–H and O–H groups in total. The predicted molar refractivity (Wildman–Crippen MR) is 58.4 cm³/mol. The van der Waals surface area contributed by atoms with Crippen LogP contribution in [0.5, 0.6) is 0 Å². The second kappa shape index (κ2) is 4.11. The minimum atomic E-state index is 0.425. The highest BCUT2D eigenvalue weighted by atomic mass is 15.4. The molecule has 0 radical (unpaired) electrons. The van der Waals surface area contributed by atoms with Gasteiger partial charge in [0.2, 0.25) is 0 Å². The summed E-state index contributed by atoms with van der Waals surface area (Å²) in [5, 5.41) is 8.38. The van der Waals surface area contributed by atoms with Crippen LogP contribution in [0.15, 0.2) is 0 Å². The summed E-state index contributed by atoms with van der Waals surface area (Å²) in [6.45, 7) is 13.0. The van der Waals surface area contributed by atoms with Crippen LogP contribution in [-0.4, -0.2) is 15.0 Å². The van der Waals surface area contributed by atoms with Crippen molar-refractivity contribution in [1.82, 2.24) is 15.0 Å². The Balaban J connectivity index is 3.09. The third kappa shape index (κ3) is 1.97. The zero-order chi connectivity index (χ0) is 10.9. The Morgan fingerprint density at radius 1 is 1.07 bits per heavy atom. The van der Waals surface area contributed by atoms with E-state index in [1.54, 1.807) is 0 Å². The highest BCUT2D eigenvalue weighted by Gasteiger charge is 2.18. The standard InChI is InChI=1S/C11H21N3/c1-7(2)10(6)14-11(8(3)4)9(5)12-13-14/h7-8,10H,1-6H3. The first kappa shape index (κ1) is 11.2. The molecule has 1 unspecified atom stereocenters. The molecule has 1 aromatic heterocycles. The van der Waals surface area contributed by atoms with Crippen molar-refractivity contribution in [3.8, 4) is 0 Å². The predicted octanol–water partition coefficient (Wildman–Crippen LogP) is 2.93. The molecule has 0 saturated carbocycles. The fourth-order valence-corrected chi connectivity index (χ4v) is 1.65. The van der Waals surface area contributed by atoms with E-state index in [1.165, 1.54) is 5.69 Å². The van der Waals surface area contributed by atoms with Crippen LogP contribution in [-0.2, 0) is 0 Å². The van der Waals surface area contributed by atoms with Crippen molar-refractivity contribution in [2.75, 3.05) is 0 Å². The molecule has 80 valence electrons. The van der Waals surface area contributed by atoms with E-state index in [9.17, 15) is 0 Å². The van der Waals surface area contributed by atoms with Crippen molar-refractivity contribution in [2.45, 2.75) is 53.5 Å². The lowest BCUT2D eigenvalue weighted by molar-refractivity contribution is 0.354. The fourth-order valence-electron chi connectivity index (χ4n) is 1.65. The summed E-state index contributed by atoms with van der Waals surface area (Å²) in [4.78, 5) is 0. The maximum absolute atomic E-state index is 4.22. The zero-order valence-corrected chi connectivity index (χ0v) is 10.1. The monoisotopic (exact) mass is 195 g/mol.